The summed E-state index contributed by atoms with van der Waals surface area (Å²) in [5.74, 6) is 1.11. The molecule has 1 saturated heterocycles. The Hall–Kier alpha value is -2.69. The van der Waals surface area contributed by atoms with Gasteiger partial charge in [0.1, 0.15) is 13.2 Å². The Morgan fingerprint density at radius 1 is 1.15 bits per heavy atom. The van der Waals surface area contributed by atoms with E-state index in [1.54, 1.807) is 17.4 Å². The maximum Gasteiger partial charge on any atom is 0.240 e. The molecule has 0 spiro atoms. The number of benzene rings is 2. The topological polar surface area (TPSA) is 97.8 Å². The normalized spacial score (nSPS) is 18.4. The largest absolute Gasteiger partial charge is 0.486 e. The summed E-state index contributed by atoms with van der Waals surface area (Å²) in [6, 6.07) is 12.6. The number of sulfonamides is 1. The smallest absolute Gasteiger partial charge is 0.240 e. The molecule has 1 amide bonds. The molecule has 1 unspecified atom stereocenters. The lowest BCUT2D eigenvalue weighted by Gasteiger charge is -2.32. The van der Waals surface area contributed by atoms with Gasteiger partial charge in [0.05, 0.1) is 20.1 Å². The van der Waals surface area contributed by atoms with E-state index in [0.29, 0.717) is 37.8 Å². The number of nitrogens with zero attached hydrogens (tertiary/aromatic N) is 2. The number of nitrogens with one attached hydrogen (secondary N) is 1. The van der Waals surface area contributed by atoms with Crippen LogP contribution in [-0.4, -0.2) is 57.1 Å². The molecule has 0 aliphatic carbocycles. The average Bonchev–Trinajstić information content (AvgIpc) is 3.28. The summed E-state index contributed by atoms with van der Waals surface area (Å²) in [6.45, 7) is 2.17. The fraction of sp³-hybridized carbons (Fsp3) is 0.391. The molecule has 3 aromatic rings. The number of fused-ring (bicyclic) bond motifs is 2. The third kappa shape index (κ3) is 4.83. The molecule has 1 fully saturated rings. The van der Waals surface area contributed by atoms with E-state index >= 15 is 0 Å². The second-order valence-corrected chi connectivity index (χ2v) is 11.0. The molecular formula is C23H25N3O5S2. The van der Waals surface area contributed by atoms with Crippen molar-refractivity contribution in [3.05, 3.63) is 47.5 Å². The Labute approximate surface area is 196 Å². The summed E-state index contributed by atoms with van der Waals surface area (Å²) >= 11 is 1.69. The summed E-state index contributed by atoms with van der Waals surface area (Å²) < 4.78 is 39.9. The number of carbonyl (C=O) groups is 1. The maximum atomic E-state index is 12.8. The molecule has 0 bridgehead atoms. The number of carbonyl (C=O) groups excluding carboxylic acids is 1. The highest BCUT2D eigenvalue weighted by molar-refractivity contribution is 7.89. The Balaban J connectivity index is 1.17. The first-order chi connectivity index (χ1) is 16.0. The minimum absolute atomic E-state index is 0.0396. The quantitative estimate of drug-likeness (QED) is 0.574. The van der Waals surface area contributed by atoms with Crippen molar-refractivity contribution in [2.24, 2.45) is 0 Å². The number of hydrogen-bond acceptors (Lipinski definition) is 7. The molecule has 0 saturated carbocycles. The van der Waals surface area contributed by atoms with Gasteiger partial charge in [-0.1, -0.05) is 12.1 Å². The summed E-state index contributed by atoms with van der Waals surface area (Å²) in [4.78, 5) is 19.5. The van der Waals surface area contributed by atoms with Gasteiger partial charge in [-0.15, -0.1) is 11.3 Å². The van der Waals surface area contributed by atoms with Crippen LogP contribution in [0.3, 0.4) is 0 Å². The molecule has 2 aliphatic rings. The zero-order valence-electron chi connectivity index (χ0n) is 18.0. The minimum Gasteiger partial charge on any atom is -0.486 e. The number of rotatable bonds is 6. The molecule has 1 aromatic heterocycles. The van der Waals surface area contributed by atoms with Crippen LogP contribution in [0.1, 0.15) is 30.2 Å². The summed E-state index contributed by atoms with van der Waals surface area (Å²) in [7, 11) is -3.75. The molecule has 3 heterocycles. The lowest BCUT2D eigenvalue weighted by atomic mass is 9.98. The molecule has 174 valence electrons. The van der Waals surface area contributed by atoms with Crippen LogP contribution in [0.15, 0.2) is 47.4 Å². The average molecular weight is 488 g/mol. The van der Waals surface area contributed by atoms with E-state index in [-0.39, 0.29) is 29.7 Å². The van der Waals surface area contributed by atoms with Crippen LogP contribution in [-0.2, 0) is 14.8 Å². The van der Waals surface area contributed by atoms with E-state index in [4.69, 9.17) is 14.5 Å². The Bertz CT molecular complexity index is 1240. The molecule has 0 radical (unpaired) electrons. The maximum absolute atomic E-state index is 12.8. The predicted molar refractivity (Wildman–Crippen MR) is 125 cm³/mol. The molecule has 2 aromatic carbocycles. The van der Waals surface area contributed by atoms with Crippen LogP contribution in [0.25, 0.3) is 10.2 Å². The van der Waals surface area contributed by atoms with Crippen molar-refractivity contribution >= 4 is 37.5 Å². The highest BCUT2D eigenvalue weighted by Gasteiger charge is 2.27. The van der Waals surface area contributed by atoms with Crippen molar-refractivity contribution < 1.29 is 22.7 Å². The van der Waals surface area contributed by atoms with Gasteiger partial charge in [-0.3, -0.25) is 4.79 Å². The van der Waals surface area contributed by atoms with Crippen LogP contribution in [0.4, 0.5) is 0 Å². The monoisotopic (exact) mass is 487 g/mol. The number of likely N-dealkylation sites (tertiary alicyclic amines) is 1. The summed E-state index contributed by atoms with van der Waals surface area (Å²) in [5, 5.41) is 1.06. The van der Waals surface area contributed by atoms with Gasteiger partial charge >= 0.3 is 0 Å². The van der Waals surface area contributed by atoms with Gasteiger partial charge in [0.15, 0.2) is 11.5 Å². The first-order valence-electron chi connectivity index (χ1n) is 11.0. The van der Waals surface area contributed by atoms with Crippen molar-refractivity contribution in [3.8, 4) is 11.5 Å². The van der Waals surface area contributed by atoms with Gasteiger partial charge in [-0.2, -0.15) is 0 Å². The number of aromatic nitrogens is 1. The molecule has 8 nitrogen and oxygen atoms in total. The van der Waals surface area contributed by atoms with Crippen molar-refractivity contribution in [3.63, 3.8) is 0 Å². The molecule has 10 heteroatoms. The van der Waals surface area contributed by atoms with Crippen LogP contribution in [0.2, 0.25) is 0 Å². The van der Waals surface area contributed by atoms with Gasteiger partial charge in [0.2, 0.25) is 15.9 Å². The van der Waals surface area contributed by atoms with Crippen molar-refractivity contribution in [1.82, 2.24) is 14.6 Å². The van der Waals surface area contributed by atoms with E-state index in [1.807, 2.05) is 23.1 Å². The number of ether oxygens (including phenoxy) is 2. The summed E-state index contributed by atoms with van der Waals surface area (Å²) in [5.41, 5.74) is 0.995. The first kappa shape index (κ1) is 22.1. The number of amides is 1. The molecule has 1 atom stereocenters. The Morgan fingerprint density at radius 2 is 1.97 bits per heavy atom. The van der Waals surface area contributed by atoms with Crippen LogP contribution in [0.5, 0.6) is 11.5 Å². The lowest BCUT2D eigenvalue weighted by molar-refractivity contribution is -0.132. The standard InChI is InChI=1S/C23H25N3O5S2/c27-22(9-10-24-33(28,29)17-7-8-19-20(14-17)31-13-12-30-19)26-11-3-4-16(15-26)23-25-18-5-1-2-6-21(18)32-23/h1-2,5-8,14,16,24H,3-4,9-13,15H2. The highest BCUT2D eigenvalue weighted by Crippen LogP contribution is 2.34. The van der Waals surface area contributed by atoms with Crippen molar-refractivity contribution in [2.45, 2.75) is 30.1 Å². The van der Waals surface area contributed by atoms with E-state index in [0.717, 1.165) is 28.1 Å². The molecule has 1 N–H and O–H groups in total. The summed E-state index contributed by atoms with van der Waals surface area (Å²) in [6.07, 6.45) is 2.02. The van der Waals surface area contributed by atoms with E-state index in [1.165, 1.54) is 12.1 Å². The van der Waals surface area contributed by atoms with E-state index in [9.17, 15) is 13.2 Å². The SMILES string of the molecule is O=C(CCNS(=O)(=O)c1ccc2c(c1)OCCO2)N1CCCC(c2nc3ccccc3s2)C1. The third-order valence-corrected chi connectivity index (χ3v) is 8.55. The lowest BCUT2D eigenvalue weighted by Crippen LogP contribution is -2.40. The minimum atomic E-state index is -3.75. The van der Waals surface area contributed by atoms with Gasteiger partial charge in [-0.05, 0) is 37.1 Å². The van der Waals surface area contributed by atoms with Gasteiger partial charge in [-0.25, -0.2) is 18.1 Å². The van der Waals surface area contributed by atoms with Gasteiger partial charge in [0, 0.05) is 38.0 Å². The Morgan fingerprint density at radius 3 is 2.82 bits per heavy atom. The van der Waals surface area contributed by atoms with Crippen molar-refractivity contribution in [1.29, 1.82) is 0 Å². The van der Waals surface area contributed by atoms with Gasteiger partial charge < -0.3 is 14.4 Å². The number of thiazole rings is 1. The number of hydrogen-bond donors (Lipinski definition) is 1. The van der Waals surface area contributed by atoms with Crippen LogP contribution < -0.4 is 14.2 Å². The third-order valence-electron chi connectivity index (χ3n) is 5.89. The highest BCUT2D eigenvalue weighted by atomic mass is 32.2. The van der Waals surface area contributed by atoms with E-state index < -0.39 is 10.0 Å². The Kier molecular flexibility index (Phi) is 6.22. The first-order valence-corrected chi connectivity index (χ1v) is 13.3. The second-order valence-electron chi connectivity index (χ2n) is 8.15. The van der Waals surface area contributed by atoms with Crippen LogP contribution in [0, 0.1) is 0 Å². The number of piperidine rings is 1. The predicted octanol–water partition coefficient (Wildman–Crippen LogP) is 3.14. The molecule has 2 aliphatic heterocycles. The number of para-hydroxylation sites is 1. The molecule has 33 heavy (non-hydrogen) atoms. The second kappa shape index (κ2) is 9.28. The fourth-order valence-electron chi connectivity index (χ4n) is 4.19. The van der Waals surface area contributed by atoms with Crippen molar-refractivity contribution in [2.75, 3.05) is 32.8 Å². The molecule has 5 rings (SSSR count). The molecular weight excluding hydrogens is 462 g/mol. The fourth-order valence-corrected chi connectivity index (χ4v) is 6.33. The van der Waals surface area contributed by atoms with Gasteiger partial charge in [0.25, 0.3) is 0 Å². The van der Waals surface area contributed by atoms with Crippen LogP contribution >= 0.6 is 11.3 Å². The zero-order chi connectivity index (χ0) is 22.8. The van der Waals surface area contributed by atoms with E-state index in [2.05, 4.69) is 10.8 Å². The zero-order valence-corrected chi connectivity index (χ0v) is 19.7.